The molecule has 0 aliphatic rings. The number of anilines is 1. The number of rotatable bonds is 6. The van der Waals surface area contributed by atoms with Crippen LogP contribution in [-0.2, 0) is 4.79 Å². The molecule has 0 aliphatic heterocycles. The van der Waals surface area contributed by atoms with Gasteiger partial charge in [-0.25, -0.2) is 0 Å². The number of nitrogens with one attached hydrogen (secondary N) is 2. The van der Waals surface area contributed by atoms with Crippen molar-refractivity contribution in [3.05, 3.63) is 29.3 Å². The van der Waals surface area contributed by atoms with Crippen molar-refractivity contribution in [1.29, 1.82) is 0 Å². The molecule has 0 heterocycles. The lowest BCUT2D eigenvalue weighted by Gasteiger charge is -2.10. The van der Waals surface area contributed by atoms with Gasteiger partial charge in [-0.2, -0.15) is 0 Å². The predicted octanol–water partition coefficient (Wildman–Crippen LogP) is 1.43. The van der Waals surface area contributed by atoms with Crippen LogP contribution in [0.25, 0.3) is 0 Å². The van der Waals surface area contributed by atoms with Crippen LogP contribution < -0.4 is 10.6 Å². The van der Waals surface area contributed by atoms with Crippen LogP contribution in [0.3, 0.4) is 0 Å². The van der Waals surface area contributed by atoms with Gasteiger partial charge in [-0.15, -0.1) is 0 Å². The number of likely N-dealkylation sites (N-methyl/N-ethyl adjacent to an activating group) is 1. The zero-order chi connectivity index (χ0) is 12.7. The molecule has 0 saturated heterocycles. The molecule has 0 aromatic heterocycles. The molecule has 17 heavy (non-hydrogen) atoms. The lowest BCUT2D eigenvalue weighted by molar-refractivity contribution is -0.115. The van der Waals surface area contributed by atoms with E-state index in [1.807, 2.05) is 14.1 Å². The van der Waals surface area contributed by atoms with Crippen LogP contribution in [0.1, 0.15) is 0 Å². The second kappa shape index (κ2) is 7.27. The normalized spacial score (nSPS) is 10.6. The highest BCUT2D eigenvalue weighted by molar-refractivity contribution is 6.30. The van der Waals surface area contributed by atoms with E-state index in [4.69, 9.17) is 11.6 Å². The first-order valence-corrected chi connectivity index (χ1v) is 5.86. The molecule has 0 spiro atoms. The molecule has 1 amide bonds. The third kappa shape index (κ3) is 6.26. The number of amides is 1. The van der Waals surface area contributed by atoms with Gasteiger partial charge in [0.15, 0.2) is 0 Å². The molecule has 94 valence electrons. The first kappa shape index (κ1) is 14.0. The summed E-state index contributed by atoms with van der Waals surface area (Å²) in [6.45, 7) is 2.02. The number of nitrogens with zero attached hydrogens (tertiary/aromatic N) is 1. The van der Waals surface area contributed by atoms with Crippen molar-refractivity contribution in [3.8, 4) is 0 Å². The summed E-state index contributed by atoms with van der Waals surface area (Å²) in [7, 11) is 3.99. The number of carbonyl (C=O) groups is 1. The fraction of sp³-hybridized carbons (Fsp3) is 0.417. The Kier molecular flexibility index (Phi) is 5.97. The predicted molar refractivity (Wildman–Crippen MR) is 71.5 cm³/mol. The van der Waals surface area contributed by atoms with E-state index >= 15 is 0 Å². The molecule has 4 nitrogen and oxygen atoms in total. The summed E-state index contributed by atoms with van der Waals surface area (Å²) in [6, 6.07) is 7.05. The maximum absolute atomic E-state index is 11.5. The molecule has 0 radical (unpaired) electrons. The van der Waals surface area contributed by atoms with Crippen LogP contribution >= 0.6 is 11.6 Å². The summed E-state index contributed by atoms with van der Waals surface area (Å²) in [4.78, 5) is 13.6. The minimum absolute atomic E-state index is 0.0499. The lowest BCUT2D eigenvalue weighted by Crippen LogP contribution is -2.33. The van der Waals surface area contributed by atoms with Crippen molar-refractivity contribution in [2.24, 2.45) is 0 Å². The van der Waals surface area contributed by atoms with E-state index in [2.05, 4.69) is 15.5 Å². The van der Waals surface area contributed by atoms with Gasteiger partial charge >= 0.3 is 0 Å². The molecule has 0 saturated carbocycles. The molecular formula is C12H18ClN3O. The molecule has 1 aromatic rings. The zero-order valence-corrected chi connectivity index (χ0v) is 10.9. The van der Waals surface area contributed by atoms with Crippen molar-refractivity contribution < 1.29 is 4.79 Å². The summed E-state index contributed by atoms with van der Waals surface area (Å²) in [5, 5.41) is 6.51. The lowest BCUT2D eigenvalue weighted by atomic mass is 10.3. The summed E-state index contributed by atoms with van der Waals surface area (Å²) < 4.78 is 0. The van der Waals surface area contributed by atoms with Crippen molar-refractivity contribution in [2.75, 3.05) is 39.0 Å². The Morgan fingerprint density at radius 3 is 2.53 bits per heavy atom. The first-order chi connectivity index (χ1) is 8.08. The monoisotopic (exact) mass is 255 g/mol. The zero-order valence-electron chi connectivity index (χ0n) is 10.2. The van der Waals surface area contributed by atoms with Gasteiger partial charge in [0.25, 0.3) is 0 Å². The van der Waals surface area contributed by atoms with Crippen LogP contribution in [-0.4, -0.2) is 44.5 Å². The minimum Gasteiger partial charge on any atom is -0.325 e. The van der Waals surface area contributed by atoms with Gasteiger partial charge in [-0.05, 0) is 38.4 Å². The SMILES string of the molecule is CN(C)CCNCC(=O)Nc1ccc(Cl)cc1. The van der Waals surface area contributed by atoms with Crippen molar-refractivity contribution in [1.82, 2.24) is 10.2 Å². The van der Waals surface area contributed by atoms with Gasteiger partial charge < -0.3 is 15.5 Å². The molecule has 1 rings (SSSR count). The van der Waals surface area contributed by atoms with Crippen molar-refractivity contribution in [3.63, 3.8) is 0 Å². The number of benzene rings is 1. The molecule has 2 N–H and O–H groups in total. The molecule has 0 aliphatic carbocycles. The van der Waals surface area contributed by atoms with E-state index < -0.39 is 0 Å². The highest BCUT2D eigenvalue weighted by atomic mass is 35.5. The molecule has 1 aromatic carbocycles. The van der Waals surface area contributed by atoms with Crippen molar-refractivity contribution >= 4 is 23.2 Å². The van der Waals surface area contributed by atoms with E-state index in [0.29, 0.717) is 11.6 Å². The molecule has 0 fully saturated rings. The summed E-state index contributed by atoms with van der Waals surface area (Å²) >= 11 is 5.75. The molecule has 0 atom stereocenters. The second-order valence-electron chi connectivity index (χ2n) is 4.04. The van der Waals surface area contributed by atoms with Crippen LogP contribution in [0, 0.1) is 0 Å². The molecule has 0 unspecified atom stereocenters. The number of hydrogen-bond acceptors (Lipinski definition) is 3. The second-order valence-corrected chi connectivity index (χ2v) is 4.47. The summed E-state index contributed by atoms with van der Waals surface area (Å²) in [5.74, 6) is -0.0499. The summed E-state index contributed by atoms with van der Waals surface area (Å²) in [5.41, 5.74) is 0.758. The maximum Gasteiger partial charge on any atom is 0.238 e. The largest absolute Gasteiger partial charge is 0.325 e. The van der Waals surface area contributed by atoms with Gasteiger partial charge in [-0.3, -0.25) is 4.79 Å². The Balaban J connectivity index is 2.23. The average molecular weight is 256 g/mol. The molecule has 0 bridgehead atoms. The number of carbonyl (C=O) groups excluding carboxylic acids is 1. The maximum atomic E-state index is 11.5. The van der Waals surface area contributed by atoms with Crippen LogP contribution in [0.15, 0.2) is 24.3 Å². The van der Waals surface area contributed by atoms with Crippen LogP contribution in [0.2, 0.25) is 5.02 Å². The Morgan fingerprint density at radius 1 is 1.29 bits per heavy atom. The molecule has 5 heteroatoms. The quantitative estimate of drug-likeness (QED) is 0.756. The van der Waals surface area contributed by atoms with Crippen LogP contribution in [0.4, 0.5) is 5.69 Å². The van der Waals surface area contributed by atoms with Crippen LogP contribution in [0.5, 0.6) is 0 Å². The van der Waals surface area contributed by atoms with Crippen molar-refractivity contribution in [2.45, 2.75) is 0 Å². The average Bonchev–Trinajstić information content (AvgIpc) is 2.27. The highest BCUT2D eigenvalue weighted by Crippen LogP contribution is 2.12. The Hall–Kier alpha value is -1.10. The van der Waals surface area contributed by atoms with Gasteiger partial charge in [0.2, 0.25) is 5.91 Å². The smallest absolute Gasteiger partial charge is 0.238 e. The van der Waals surface area contributed by atoms with E-state index in [1.165, 1.54) is 0 Å². The Morgan fingerprint density at radius 2 is 1.94 bits per heavy atom. The summed E-state index contributed by atoms with van der Waals surface area (Å²) in [6.07, 6.45) is 0. The topological polar surface area (TPSA) is 44.4 Å². The highest BCUT2D eigenvalue weighted by Gasteiger charge is 2.01. The fourth-order valence-corrected chi connectivity index (χ4v) is 1.37. The third-order valence-corrected chi connectivity index (χ3v) is 2.40. The number of halogens is 1. The standard InChI is InChI=1S/C12H18ClN3O/c1-16(2)8-7-14-9-12(17)15-11-5-3-10(13)4-6-11/h3-6,14H,7-9H2,1-2H3,(H,15,17). The fourth-order valence-electron chi connectivity index (χ4n) is 1.24. The van der Waals surface area contributed by atoms with E-state index in [9.17, 15) is 4.79 Å². The van der Waals surface area contributed by atoms with Gasteiger partial charge in [0, 0.05) is 23.8 Å². The van der Waals surface area contributed by atoms with Gasteiger partial charge in [0.05, 0.1) is 6.54 Å². The minimum atomic E-state index is -0.0499. The molecular weight excluding hydrogens is 238 g/mol. The van der Waals surface area contributed by atoms with E-state index in [1.54, 1.807) is 24.3 Å². The Bertz CT molecular complexity index is 351. The van der Waals surface area contributed by atoms with Gasteiger partial charge in [-0.1, -0.05) is 11.6 Å². The van der Waals surface area contributed by atoms with Gasteiger partial charge in [0.1, 0.15) is 0 Å². The van der Waals surface area contributed by atoms with E-state index in [-0.39, 0.29) is 5.91 Å². The third-order valence-electron chi connectivity index (χ3n) is 2.15. The Labute approximate surface area is 107 Å². The van der Waals surface area contributed by atoms with E-state index in [0.717, 1.165) is 18.8 Å². The number of hydrogen-bond donors (Lipinski definition) is 2. The first-order valence-electron chi connectivity index (χ1n) is 5.49.